The summed E-state index contributed by atoms with van der Waals surface area (Å²) in [4.78, 5) is 16.1. The van der Waals surface area contributed by atoms with Crippen molar-refractivity contribution in [3.63, 3.8) is 0 Å². The number of nitrogens with one attached hydrogen (secondary N) is 3. The van der Waals surface area contributed by atoms with Crippen LogP contribution >= 0.6 is 0 Å². The number of hydrogen-bond donors (Lipinski definition) is 3. The summed E-state index contributed by atoms with van der Waals surface area (Å²) in [6, 6.07) is 12.1. The third-order valence-corrected chi connectivity index (χ3v) is 3.93. The highest BCUT2D eigenvalue weighted by Gasteiger charge is 2.23. The number of carbonyl (C=O) groups is 1. The Hall–Kier alpha value is -2.56. The van der Waals surface area contributed by atoms with E-state index >= 15 is 0 Å². The summed E-state index contributed by atoms with van der Waals surface area (Å²) in [6.45, 7) is 6.56. The Kier molecular flexibility index (Phi) is 4.42. The number of rotatable bonds is 4. The van der Waals surface area contributed by atoms with Crippen LogP contribution in [0.15, 0.2) is 42.6 Å². The Morgan fingerprint density at radius 1 is 1.12 bits per heavy atom. The number of para-hydroxylation sites is 1. The molecule has 1 heterocycles. The molecule has 0 atom stereocenters. The first-order chi connectivity index (χ1) is 11.4. The standard InChI is InChI=1S/C19H24N4O/c1-19(2,3)15-6-4-5-7-16(15)23-17-11-10-14(12-20-17)22-18(24)21-13-8-9-13/h4-7,10-13H,8-9H2,1-3H3,(H,20,23)(H2,21,22,24). The fraction of sp³-hybridized carbons (Fsp3) is 0.368. The highest BCUT2D eigenvalue weighted by atomic mass is 16.2. The first-order valence-corrected chi connectivity index (χ1v) is 8.32. The van der Waals surface area contributed by atoms with Gasteiger partial charge in [-0.3, -0.25) is 0 Å². The monoisotopic (exact) mass is 324 g/mol. The van der Waals surface area contributed by atoms with E-state index in [-0.39, 0.29) is 11.4 Å². The number of benzene rings is 1. The van der Waals surface area contributed by atoms with Gasteiger partial charge in [0.05, 0.1) is 11.9 Å². The van der Waals surface area contributed by atoms with Crippen molar-refractivity contribution in [3.8, 4) is 0 Å². The molecule has 1 aromatic carbocycles. The number of aromatic nitrogens is 1. The molecular formula is C19H24N4O. The van der Waals surface area contributed by atoms with Crippen LogP contribution in [0.2, 0.25) is 0 Å². The molecule has 5 nitrogen and oxygen atoms in total. The molecule has 126 valence electrons. The average molecular weight is 324 g/mol. The SMILES string of the molecule is CC(C)(C)c1ccccc1Nc1ccc(NC(=O)NC2CC2)cn1. The van der Waals surface area contributed by atoms with E-state index in [1.165, 1.54) is 5.56 Å². The second-order valence-electron chi connectivity index (χ2n) is 7.23. The number of urea groups is 1. The van der Waals surface area contributed by atoms with Gasteiger partial charge in [-0.15, -0.1) is 0 Å². The minimum Gasteiger partial charge on any atom is -0.340 e. The fourth-order valence-corrected chi connectivity index (χ4v) is 2.51. The van der Waals surface area contributed by atoms with E-state index in [2.05, 4.69) is 53.8 Å². The van der Waals surface area contributed by atoms with Gasteiger partial charge in [0.1, 0.15) is 5.82 Å². The summed E-state index contributed by atoms with van der Waals surface area (Å²) >= 11 is 0. The predicted octanol–water partition coefficient (Wildman–Crippen LogP) is 4.41. The smallest absolute Gasteiger partial charge is 0.319 e. The maximum absolute atomic E-state index is 11.7. The zero-order valence-electron chi connectivity index (χ0n) is 14.4. The van der Waals surface area contributed by atoms with Gasteiger partial charge in [-0.1, -0.05) is 39.0 Å². The highest BCUT2D eigenvalue weighted by molar-refractivity contribution is 5.89. The third kappa shape index (κ3) is 4.25. The molecule has 0 saturated heterocycles. The van der Waals surface area contributed by atoms with Crippen LogP contribution in [-0.2, 0) is 5.41 Å². The van der Waals surface area contributed by atoms with Gasteiger partial charge in [-0.05, 0) is 42.0 Å². The Balaban J connectivity index is 1.67. The van der Waals surface area contributed by atoms with Gasteiger partial charge in [-0.25, -0.2) is 9.78 Å². The molecule has 0 bridgehead atoms. The van der Waals surface area contributed by atoms with E-state index in [1.807, 2.05) is 24.3 Å². The van der Waals surface area contributed by atoms with Crippen LogP contribution in [0.25, 0.3) is 0 Å². The second kappa shape index (κ2) is 6.51. The molecule has 1 aliphatic rings. The normalized spacial score (nSPS) is 14.1. The fourth-order valence-electron chi connectivity index (χ4n) is 2.51. The molecule has 1 saturated carbocycles. The Bertz CT molecular complexity index is 715. The highest BCUT2D eigenvalue weighted by Crippen LogP contribution is 2.30. The summed E-state index contributed by atoms with van der Waals surface area (Å²) in [6.07, 6.45) is 3.80. The molecule has 3 rings (SSSR count). The van der Waals surface area contributed by atoms with Gasteiger partial charge >= 0.3 is 6.03 Å². The summed E-state index contributed by atoms with van der Waals surface area (Å²) in [5.41, 5.74) is 3.01. The van der Waals surface area contributed by atoms with Crippen LogP contribution in [-0.4, -0.2) is 17.1 Å². The number of anilines is 3. The van der Waals surface area contributed by atoms with E-state index in [1.54, 1.807) is 6.20 Å². The minimum atomic E-state index is -0.168. The van der Waals surface area contributed by atoms with Crippen molar-refractivity contribution in [3.05, 3.63) is 48.2 Å². The molecule has 24 heavy (non-hydrogen) atoms. The summed E-state index contributed by atoms with van der Waals surface area (Å²) in [5.74, 6) is 0.750. The Morgan fingerprint density at radius 2 is 1.88 bits per heavy atom. The van der Waals surface area contributed by atoms with Crippen molar-refractivity contribution >= 4 is 23.2 Å². The van der Waals surface area contributed by atoms with Crippen molar-refractivity contribution < 1.29 is 4.79 Å². The van der Waals surface area contributed by atoms with Gasteiger partial charge in [0.15, 0.2) is 0 Å². The van der Waals surface area contributed by atoms with E-state index in [9.17, 15) is 4.79 Å². The lowest BCUT2D eigenvalue weighted by molar-refractivity contribution is 0.251. The quantitative estimate of drug-likeness (QED) is 0.780. The van der Waals surface area contributed by atoms with Crippen molar-refractivity contribution in [1.29, 1.82) is 0 Å². The molecule has 1 fully saturated rings. The number of pyridine rings is 1. The molecule has 0 unspecified atom stereocenters. The van der Waals surface area contributed by atoms with E-state index < -0.39 is 0 Å². The van der Waals surface area contributed by atoms with Gasteiger partial charge in [0.25, 0.3) is 0 Å². The molecule has 5 heteroatoms. The van der Waals surface area contributed by atoms with Crippen LogP contribution in [0, 0.1) is 0 Å². The first-order valence-electron chi connectivity index (χ1n) is 8.32. The van der Waals surface area contributed by atoms with Crippen LogP contribution in [0.4, 0.5) is 22.0 Å². The topological polar surface area (TPSA) is 66.0 Å². The largest absolute Gasteiger partial charge is 0.340 e. The summed E-state index contributed by atoms with van der Waals surface area (Å²) < 4.78 is 0. The average Bonchev–Trinajstić information content (AvgIpc) is 3.32. The zero-order chi connectivity index (χ0) is 17.2. The van der Waals surface area contributed by atoms with Gasteiger partial charge in [-0.2, -0.15) is 0 Å². The van der Waals surface area contributed by atoms with Gasteiger partial charge in [0, 0.05) is 11.7 Å². The van der Waals surface area contributed by atoms with Crippen molar-refractivity contribution in [2.45, 2.75) is 45.1 Å². The lowest BCUT2D eigenvalue weighted by atomic mass is 9.86. The molecule has 2 aromatic rings. The molecule has 1 aromatic heterocycles. The van der Waals surface area contributed by atoms with E-state index in [0.717, 1.165) is 24.3 Å². The molecule has 2 amide bonds. The number of nitrogens with zero attached hydrogens (tertiary/aromatic N) is 1. The Morgan fingerprint density at radius 3 is 2.50 bits per heavy atom. The number of hydrogen-bond acceptors (Lipinski definition) is 3. The van der Waals surface area contributed by atoms with Crippen molar-refractivity contribution in [2.75, 3.05) is 10.6 Å². The number of carbonyl (C=O) groups excluding carboxylic acids is 1. The molecule has 0 aliphatic heterocycles. The van der Waals surface area contributed by atoms with E-state index in [0.29, 0.717) is 11.7 Å². The zero-order valence-corrected chi connectivity index (χ0v) is 14.4. The molecule has 0 spiro atoms. The molecule has 3 N–H and O–H groups in total. The van der Waals surface area contributed by atoms with E-state index in [4.69, 9.17) is 0 Å². The third-order valence-electron chi connectivity index (χ3n) is 3.93. The molecular weight excluding hydrogens is 300 g/mol. The molecule has 1 aliphatic carbocycles. The maximum Gasteiger partial charge on any atom is 0.319 e. The Labute approximate surface area is 142 Å². The summed E-state index contributed by atoms with van der Waals surface area (Å²) in [5, 5.41) is 9.05. The lowest BCUT2D eigenvalue weighted by Gasteiger charge is -2.23. The van der Waals surface area contributed by atoms with Crippen LogP contribution in [0.3, 0.4) is 0 Å². The van der Waals surface area contributed by atoms with Crippen molar-refractivity contribution in [1.82, 2.24) is 10.3 Å². The first kappa shape index (κ1) is 16.3. The molecule has 0 radical (unpaired) electrons. The lowest BCUT2D eigenvalue weighted by Crippen LogP contribution is -2.30. The number of amides is 2. The minimum absolute atomic E-state index is 0.0476. The van der Waals surface area contributed by atoms with Crippen molar-refractivity contribution in [2.24, 2.45) is 0 Å². The predicted molar refractivity (Wildman–Crippen MR) is 97.8 cm³/mol. The van der Waals surface area contributed by atoms with Gasteiger partial charge in [0.2, 0.25) is 0 Å². The summed E-state index contributed by atoms with van der Waals surface area (Å²) in [7, 11) is 0. The van der Waals surface area contributed by atoms with Gasteiger partial charge < -0.3 is 16.0 Å². The van der Waals surface area contributed by atoms with Crippen LogP contribution < -0.4 is 16.0 Å². The maximum atomic E-state index is 11.7. The van der Waals surface area contributed by atoms with Crippen LogP contribution in [0.1, 0.15) is 39.2 Å². The van der Waals surface area contributed by atoms with Crippen LogP contribution in [0.5, 0.6) is 0 Å². The second-order valence-corrected chi connectivity index (χ2v) is 7.23.